The molecular weight excluding hydrogens is 366 g/mol. The highest BCUT2D eigenvalue weighted by Gasteiger charge is 2.54. The van der Waals surface area contributed by atoms with E-state index < -0.39 is 0 Å². The maximum absolute atomic E-state index is 13.3. The molecule has 0 unspecified atom stereocenters. The van der Waals surface area contributed by atoms with E-state index in [1.807, 2.05) is 36.4 Å². The summed E-state index contributed by atoms with van der Waals surface area (Å²) >= 11 is 1.55. The number of hydrogen-bond donors (Lipinski definition) is 0. The molecule has 28 heavy (non-hydrogen) atoms. The number of hydrogen-bond acceptors (Lipinski definition) is 4. The van der Waals surface area contributed by atoms with Gasteiger partial charge in [-0.15, -0.1) is 16.8 Å². The number of ketones is 1. The van der Waals surface area contributed by atoms with Gasteiger partial charge in [-0.3, -0.25) is 9.36 Å². The summed E-state index contributed by atoms with van der Waals surface area (Å²) in [4.78, 5) is 13.3. The third-order valence-electron chi connectivity index (χ3n) is 7.02. The first-order valence-electron chi connectivity index (χ1n) is 10.4. The van der Waals surface area contributed by atoms with Gasteiger partial charge < -0.3 is 0 Å². The van der Waals surface area contributed by atoms with E-state index in [1.165, 1.54) is 19.3 Å². The molecule has 1 aromatic carbocycles. The number of allylic oxidation sites excluding steroid dienone is 1. The van der Waals surface area contributed by atoms with Crippen LogP contribution in [0, 0.1) is 23.2 Å². The fourth-order valence-electron chi connectivity index (χ4n) is 6.23. The maximum atomic E-state index is 13.3. The van der Waals surface area contributed by atoms with Gasteiger partial charge in [0.1, 0.15) is 5.78 Å². The van der Waals surface area contributed by atoms with Crippen LogP contribution in [0.4, 0.5) is 0 Å². The minimum absolute atomic E-state index is 0.0344. The molecule has 2 aromatic rings. The first-order chi connectivity index (χ1) is 13.7. The van der Waals surface area contributed by atoms with E-state index >= 15 is 0 Å². The SMILES string of the molecule is C=CCn1c(SCC(=O)C23CC4CC(CC(C4)C2)C3)nnc1-c1ccccc1. The van der Waals surface area contributed by atoms with Crippen molar-refractivity contribution in [3.63, 3.8) is 0 Å². The summed E-state index contributed by atoms with van der Waals surface area (Å²) in [6.07, 6.45) is 9.36. The Morgan fingerprint density at radius 3 is 2.36 bits per heavy atom. The maximum Gasteiger partial charge on any atom is 0.192 e. The predicted molar refractivity (Wildman–Crippen MR) is 112 cm³/mol. The summed E-state index contributed by atoms with van der Waals surface area (Å²) in [5.74, 6) is 4.20. The van der Waals surface area contributed by atoms with E-state index in [4.69, 9.17) is 0 Å². The highest BCUT2D eigenvalue weighted by molar-refractivity contribution is 7.99. The van der Waals surface area contributed by atoms with Crippen LogP contribution in [0.3, 0.4) is 0 Å². The first kappa shape index (κ1) is 18.2. The lowest BCUT2D eigenvalue weighted by Crippen LogP contribution is -2.50. The second kappa shape index (κ2) is 7.18. The Morgan fingerprint density at radius 1 is 1.11 bits per heavy atom. The van der Waals surface area contributed by atoms with Crippen molar-refractivity contribution in [1.29, 1.82) is 0 Å². The number of benzene rings is 1. The lowest BCUT2D eigenvalue weighted by Gasteiger charge is -2.56. The molecule has 5 heteroatoms. The standard InChI is InChI=1S/C23H27N3OS/c1-2-8-26-21(19-6-4-3-5-7-19)24-25-22(26)28-15-20(27)23-12-16-9-17(13-23)11-18(10-16)14-23/h2-7,16-18H,1,8-15H2. The van der Waals surface area contributed by atoms with E-state index in [2.05, 4.69) is 21.3 Å². The van der Waals surface area contributed by atoms with Crippen molar-refractivity contribution in [3.05, 3.63) is 43.0 Å². The largest absolute Gasteiger partial charge is 0.298 e. The smallest absolute Gasteiger partial charge is 0.192 e. The van der Waals surface area contributed by atoms with Crippen LogP contribution in [0.25, 0.3) is 11.4 Å². The van der Waals surface area contributed by atoms with Gasteiger partial charge in [0.05, 0.1) is 5.75 Å². The van der Waals surface area contributed by atoms with Gasteiger partial charge in [0, 0.05) is 17.5 Å². The summed E-state index contributed by atoms with van der Waals surface area (Å²) in [7, 11) is 0. The molecule has 4 aliphatic carbocycles. The highest BCUT2D eigenvalue weighted by atomic mass is 32.2. The number of carbonyl (C=O) groups is 1. The molecule has 6 rings (SSSR count). The summed E-state index contributed by atoms with van der Waals surface area (Å²) in [6, 6.07) is 10.1. The summed E-state index contributed by atoms with van der Waals surface area (Å²) in [6.45, 7) is 4.52. The monoisotopic (exact) mass is 393 g/mol. The van der Waals surface area contributed by atoms with Crippen LogP contribution >= 0.6 is 11.8 Å². The minimum Gasteiger partial charge on any atom is -0.298 e. The third kappa shape index (κ3) is 3.14. The van der Waals surface area contributed by atoms with Gasteiger partial charge in [-0.2, -0.15) is 0 Å². The molecule has 4 aliphatic rings. The second-order valence-electron chi connectivity index (χ2n) is 8.98. The Labute approximate surface area is 170 Å². The Bertz CT molecular complexity index is 853. The van der Waals surface area contributed by atoms with Crippen LogP contribution < -0.4 is 0 Å². The highest BCUT2D eigenvalue weighted by Crippen LogP contribution is 2.60. The van der Waals surface area contributed by atoms with Gasteiger partial charge in [0.2, 0.25) is 0 Å². The zero-order chi connectivity index (χ0) is 19.1. The normalized spacial score (nSPS) is 30.5. The van der Waals surface area contributed by atoms with Crippen molar-refractivity contribution in [2.45, 2.75) is 50.2 Å². The zero-order valence-corrected chi connectivity index (χ0v) is 17.0. The Morgan fingerprint density at radius 2 is 1.75 bits per heavy atom. The van der Waals surface area contributed by atoms with Crippen molar-refractivity contribution < 1.29 is 4.79 Å². The molecule has 146 valence electrons. The van der Waals surface area contributed by atoms with E-state index in [-0.39, 0.29) is 5.41 Å². The number of Topliss-reactive ketones (excluding diaryl/α,β-unsaturated/α-hetero) is 1. The number of carbonyl (C=O) groups excluding carboxylic acids is 1. The average Bonchev–Trinajstić information content (AvgIpc) is 3.08. The fraction of sp³-hybridized carbons (Fsp3) is 0.522. The molecule has 4 saturated carbocycles. The molecule has 4 nitrogen and oxygen atoms in total. The van der Waals surface area contributed by atoms with Crippen LogP contribution in [0.5, 0.6) is 0 Å². The number of aromatic nitrogens is 3. The Hall–Kier alpha value is -1.88. The molecule has 0 atom stereocenters. The molecule has 0 aliphatic heterocycles. The van der Waals surface area contributed by atoms with Crippen LogP contribution in [0.15, 0.2) is 48.1 Å². The van der Waals surface area contributed by atoms with Crippen molar-refractivity contribution >= 4 is 17.5 Å². The van der Waals surface area contributed by atoms with Crippen LogP contribution in [-0.2, 0) is 11.3 Å². The first-order valence-corrected chi connectivity index (χ1v) is 11.4. The van der Waals surface area contributed by atoms with Crippen LogP contribution in [0.1, 0.15) is 38.5 Å². The van der Waals surface area contributed by atoms with Gasteiger partial charge >= 0.3 is 0 Å². The van der Waals surface area contributed by atoms with E-state index in [1.54, 1.807) is 11.8 Å². The van der Waals surface area contributed by atoms with Gasteiger partial charge in [-0.1, -0.05) is 48.2 Å². The molecule has 4 fully saturated rings. The lowest BCUT2D eigenvalue weighted by molar-refractivity contribution is -0.141. The van der Waals surface area contributed by atoms with Crippen molar-refractivity contribution in [1.82, 2.24) is 14.8 Å². The third-order valence-corrected chi connectivity index (χ3v) is 7.99. The predicted octanol–water partition coefficient (Wildman–Crippen LogP) is 5.01. The number of nitrogens with zero attached hydrogens (tertiary/aromatic N) is 3. The molecule has 1 heterocycles. The van der Waals surface area contributed by atoms with E-state index in [0.29, 0.717) is 18.1 Å². The van der Waals surface area contributed by atoms with Gasteiger partial charge in [-0.05, 0) is 56.3 Å². The quantitative estimate of drug-likeness (QED) is 0.490. The lowest BCUT2D eigenvalue weighted by atomic mass is 9.48. The molecule has 0 amide bonds. The topological polar surface area (TPSA) is 47.8 Å². The molecular formula is C23H27N3OS. The summed E-state index contributed by atoms with van der Waals surface area (Å²) in [5, 5.41) is 9.63. The van der Waals surface area contributed by atoms with Gasteiger partial charge in [0.15, 0.2) is 11.0 Å². The Kier molecular flexibility index (Phi) is 4.66. The Balaban J connectivity index is 1.34. The van der Waals surface area contributed by atoms with Crippen molar-refractivity contribution in [3.8, 4) is 11.4 Å². The fourth-order valence-corrected chi connectivity index (χ4v) is 7.21. The van der Waals surface area contributed by atoms with Gasteiger partial charge in [-0.25, -0.2) is 0 Å². The molecule has 0 radical (unpaired) electrons. The van der Waals surface area contributed by atoms with Crippen molar-refractivity contribution in [2.75, 3.05) is 5.75 Å². The molecule has 0 spiro atoms. The second-order valence-corrected chi connectivity index (χ2v) is 9.92. The van der Waals surface area contributed by atoms with Crippen LogP contribution in [-0.4, -0.2) is 26.3 Å². The number of rotatable bonds is 7. The molecule has 0 N–H and O–H groups in total. The average molecular weight is 394 g/mol. The summed E-state index contributed by atoms with van der Waals surface area (Å²) in [5.41, 5.74) is 1.00. The van der Waals surface area contributed by atoms with E-state index in [9.17, 15) is 4.79 Å². The molecule has 1 aromatic heterocycles. The van der Waals surface area contributed by atoms with E-state index in [0.717, 1.165) is 53.6 Å². The summed E-state index contributed by atoms with van der Waals surface area (Å²) < 4.78 is 2.07. The molecule has 4 bridgehead atoms. The van der Waals surface area contributed by atoms with Gasteiger partial charge in [0.25, 0.3) is 0 Å². The number of thioether (sulfide) groups is 1. The van der Waals surface area contributed by atoms with Crippen LogP contribution in [0.2, 0.25) is 0 Å². The minimum atomic E-state index is -0.0344. The van der Waals surface area contributed by atoms with Crippen molar-refractivity contribution in [2.24, 2.45) is 23.2 Å². The zero-order valence-electron chi connectivity index (χ0n) is 16.2. The molecule has 0 saturated heterocycles.